The molecule has 0 spiro atoms. The zero-order valence-electron chi connectivity index (χ0n) is 18.3. The lowest BCUT2D eigenvalue weighted by atomic mass is 10.1. The van der Waals surface area contributed by atoms with Gasteiger partial charge in [0.15, 0.2) is 0 Å². The van der Waals surface area contributed by atoms with E-state index in [0.29, 0.717) is 30.9 Å². The van der Waals surface area contributed by atoms with Gasteiger partial charge in [-0.3, -0.25) is 9.36 Å². The van der Waals surface area contributed by atoms with Crippen LogP contribution in [0.2, 0.25) is 0 Å². The highest BCUT2D eigenvalue weighted by Gasteiger charge is 2.34. The van der Waals surface area contributed by atoms with Crippen LogP contribution in [0.1, 0.15) is 44.6 Å². The van der Waals surface area contributed by atoms with Crippen molar-refractivity contribution in [1.82, 2.24) is 9.55 Å². The number of esters is 1. The molecule has 0 saturated carbocycles. The Hall–Kier alpha value is -3.61. The molecule has 0 radical (unpaired) electrons. The highest BCUT2D eigenvalue weighted by molar-refractivity contribution is 6.04. The normalized spacial score (nSPS) is 15.8. The molecule has 1 aliphatic heterocycles. The maximum atomic E-state index is 13.1. The zero-order chi connectivity index (χ0) is 22.5. The summed E-state index contributed by atoms with van der Waals surface area (Å²) >= 11 is 0. The molecular weight excluding hydrogens is 406 g/mol. The third-order valence-corrected chi connectivity index (χ3v) is 5.63. The van der Waals surface area contributed by atoms with Gasteiger partial charge in [-0.15, -0.1) is 0 Å². The summed E-state index contributed by atoms with van der Waals surface area (Å²) in [5, 5.41) is 5.29. The molecule has 0 aliphatic carbocycles. The van der Waals surface area contributed by atoms with E-state index in [4.69, 9.17) is 9.15 Å². The van der Waals surface area contributed by atoms with Crippen molar-refractivity contribution in [3.8, 4) is 0 Å². The number of nitrogens with zero attached hydrogens (tertiary/aromatic N) is 2. The molecule has 0 unspecified atom stereocenters. The van der Waals surface area contributed by atoms with Crippen molar-refractivity contribution in [2.75, 3.05) is 5.32 Å². The Labute approximate surface area is 185 Å². The predicted octanol–water partition coefficient (Wildman–Crippen LogP) is 4.58. The molecule has 7 nitrogen and oxygen atoms in total. The SMILES string of the molecule is CC(C)(C)OC(=O)[C@@H]1CCc2ncc(NCc3ccc4oc5ccccc5c4c3)c(=O)n21. The number of anilines is 1. The van der Waals surface area contributed by atoms with Gasteiger partial charge in [0.2, 0.25) is 0 Å². The maximum absolute atomic E-state index is 13.1. The number of hydrogen-bond donors (Lipinski definition) is 1. The summed E-state index contributed by atoms with van der Waals surface area (Å²) in [7, 11) is 0. The van der Waals surface area contributed by atoms with Crippen LogP contribution in [-0.2, 0) is 22.5 Å². The van der Waals surface area contributed by atoms with E-state index in [1.54, 1.807) is 6.20 Å². The van der Waals surface area contributed by atoms with Crippen LogP contribution in [0.25, 0.3) is 21.9 Å². The van der Waals surface area contributed by atoms with Gasteiger partial charge in [0.25, 0.3) is 5.56 Å². The first-order chi connectivity index (χ1) is 15.3. The van der Waals surface area contributed by atoms with E-state index in [9.17, 15) is 9.59 Å². The van der Waals surface area contributed by atoms with Gasteiger partial charge in [-0.1, -0.05) is 24.3 Å². The average Bonchev–Trinajstić information content (AvgIpc) is 3.34. The van der Waals surface area contributed by atoms with Crippen LogP contribution in [0.3, 0.4) is 0 Å². The number of ether oxygens (including phenoxy) is 1. The first kappa shape index (κ1) is 20.3. The molecule has 164 valence electrons. The van der Waals surface area contributed by atoms with Crippen LogP contribution < -0.4 is 10.9 Å². The van der Waals surface area contributed by atoms with Gasteiger partial charge in [-0.2, -0.15) is 0 Å². The van der Waals surface area contributed by atoms with E-state index >= 15 is 0 Å². The van der Waals surface area contributed by atoms with Crippen LogP contribution in [0.5, 0.6) is 0 Å². The number of furan rings is 1. The maximum Gasteiger partial charge on any atom is 0.329 e. The van der Waals surface area contributed by atoms with Gasteiger partial charge in [0.05, 0.1) is 6.20 Å². The zero-order valence-corrected chi connectivity index (χ0v) is 18.3. The third-order valence-electron chi connectivity index (χ3n) is 5.63. The molecule has 0 saturated heterocycles. The molecular formula is C25H25N3O4. The molecule has 2 aromatic heterocycles. The predicted molar refractivity (Wildman–Crippen MR) is 123 cm³/mol. The van der Waals surface area contributed by atoms with E-state index in [1.807, 2.05) is 57.2 Å². The highest BCUT2D eigenvalue weighted by Crippen LogP contribution is 2.29. The van der Waals surface area contributed by atoms with Gasteiger partial charge in [0, 0.05) is 23.7 Å². The molecule has 0 fully saturated rings. The summed E-state index contributed by atoms with van der Waals surface area (Å²) in [4.78, 5) is 30.2. The summed E-state index contributed by atoms with van der Waals surface area (Å²) in [6.45, 7) is 5.91. The summed E-state index contributed by atoms with van der Waals surface area (Å²) in [5.74, 6) is 0.220. The lowest BCUT2D eigenvalue weighted by Crippen LogP contribution is -2.34. The first-order valence-corrected chi connectivity index (χ1v) is 10.8. The standard InChI is InChI=1S/C25H25N3O4/c1-25(2,3)32-24(30)19-9-11-22-27-14-18(23(29)28(19)22)26-13-15-8-10-21-17(12-15)16-6-4-5-7-20(16)31-21/h4-8,10,12,14,19,26H,9,11,13H2,1-3H3/t19-/m0/s1. The van der Waals surface area contributed by atoms with E-state index in [2.05, 4.69) is 16.4 Å². The number of hydrogen-bond acceptors (Lipinski definition) is 6. The summed E-state index contributed by atoms with van der Waals surface area (Å²) in [6, 6.07) is 13.3. The van der Waals surface area contributed by atoms with Crippen LogP contribution in [-0.4, -0.2) is 21.1 Å². The molecule has 5 rings (SSSR count). The van der Waals surface area contributed by atoms with Crippen molar-refractivity contribution in [3.63, 3.8) is 0 Å². The number of para-hydroxylation sites is 1. The number of aryl methyl sites for hydroxylation is 1. The van der Waals surface area contributed by atoms with Crippen molar-refractivity contribution in [2.45, 2.75) is 51.8 Å². The number of carbonyl (C=O) groups is 1. The molecule has 4 aromatic rings. The second kappa shape index (κ2) is 7.51. The minimum absolute atomic E-state index is 0.252. The lowest BCUT2D eigenvalue weighted by molar-refractivity contribution is -0.158. The van der Waals surface area contributed by atoms with E-state index in [0.717, 1.165) is 27.5 Å². The Morgan fingerprint density at radius 3 is 2.78 bits per heavy atom. The van der Waals surface area contributed by atoms with E-state index in [-0.39, 0.29) is 5.56 Å². The van der Waals surface area contributed by atoms with Crippen molar-refractivity contribution < 1.29 is 13.9 Å². The Bertz CT molecular complexity index is 1390. The molecule has 32 heavy (non-hydrogen) atoms. The molecule has 1 atom stereocenters. The smallest absolute Gasteiger partial charge is 0.329 e. The van der Waals surface area contributed by atoms with Crippen molar-refractivity contribution in [1.29, 1.82) is 0 Å². The summed E-state index contributed by atoms with van der Waals surface area (Å²) < 4.78 is 12.9. The fourth-order valence-electron chi connectivity index (χ4n) is 4.20. The minimum Gasteiger partial charge on any atom is -0.458 e. The second-order valence-corrected chi connectivity index (χ2v) is 9.13. The molecule has 7 heteroatoms. The van der Waals surface area contributed by atoms with Crippen LogP contribution in [0.4, 0.5) is 5.69 Å². The molecule has 3 heterocycles. The first-order valence-electron chi connectivity index (χ1n) is 10.8. The van der Waals surface area contributed by atoms with Gasteiger partial charge in [-0.25, -0.2) is 9.78 Å². The lowest BCUT2D eigenvalue weighted by Gasteiger charge is -2.23. The fourth-order valence-corrected chi connectivity index (χ4v) is 4.20. The number of nitrogens with one attached hydrogen (secondary N) is 1. The Balaban J connectivity index is 1.40. The number of aromatic nitrogens is 2. The summed E-state index contributed by atoms with van der Waals surface area (Å²) in [5.41, 5.74) is 2.19. The van der Waals surface area contributed by atoms with Gasteiger partial charge in [-0.05, 0) is 51.0 Å². The van der Waals surface area contributed by atoms with Gasteiger partial charge in [0.1, 0.15) is 34.3 Å². The number of fused-ring (bicyclic) bond motifs is 4. The van der Waals surface area contributed by atoms with Crippen LogP contribution in [0.15, 0.2) is 57.9 Å². The molecule has 2 aromatic carbocycles. The number of rotatable bonds is 4. The largest absolute Gasteiger partial charge is 0.458 e. The molecule has 1 aliphatic rings. The van der Waals surface area contributed by atoms with Gasteiger partial charge >= 0.3 is 5.97 Å². The Kier molecular flexibility index (Phi) is 4.77. The quantitative estimate of drug-likeness (QED) is 0.476. The molecule has 0 bridgehead atoms. The van der Waals surface area contributed by atoms with E-state index in [1.165, 1.54) is 4.57 Å². The molecule has 0 amide bonds. The van der Waals surface area contributed by atoms with Gasteiger partial charge < -0.3 is 14.5 Å². The average molecular weight is 431 g/mol. The summed E-state index contributed by atoms with van der Waals surface area (Å²) in [6.07, 6.45) is 2.64. The Morgan fingerprint density at radius 2 is 1.97 bits per heavy atom. The topological polar surface area (TPSA) is 86.4 Å². The minimum atomic E-state index is -0.639. The van der Waals surface area contributed by atoms with E-state index < -0.39 is 17.6 Å². The molecule has 1 N–H and O–H groups in total. The Morgan fingerprint density at radius 1 is 1.19 bits per heavy atom. The highest BCUT2D eigenvalue weighted by atomic mass is 16.6. The van der Waals surface area contributed by atoms with Crippen LogP contribution in [0, 0.1) is 0 Å². The monoisotopic (exact) mass is 431 g/mol. The number of carbonyl (C=O) groups excluding carboxylic acids is 1. The number of benzene rings is 2. The third kappa shape index (κ3) is 3.64. The fraction of sp³-hybridized carbons (Fsp3) is 0.320. The van der Waals surface area contributed by atoms with Crippen LogP contribution >= 0.6 is 0 Å². The second-order valence-electron chi connectivity index (χ2n) is 9.13. The van der Waals surface area contributed by atoms with Crippen molar-refractivity contribution >= 4 is 33.6 Å². The van der Waals surface area contributed by atoms with Crippen molar-refractivity contribution in [3.05, 3.63) is 70.4 Å². The van der Waals surface area contributed by atoms with Crippen molar-refractivity contribution in [2.24, 2.45) is 0 Å².